The van der Waals surface area contributed by atoms with Crippen molar-refractivity contribution in [3.63, 3.8) is 0 Å². The van der Waals surface area contributed by atoms with E-state index in [-0.39, 0.29) is 11.9 Å². The Morgan fingerprint density at radius 1 is 1.17 bits per heavy atom. The molecule has 1 saturated heterocycles. The molecule has 0 radical (unpaired) electrons. The van der Waals surface area contributed by atoms with Crippen LogP contribution in [0.15, 0.2) is 0 Å². The van der Waals surface area contributed by atoms with E-state index in [0.29, 0.717) is 12.1 Å². The molecule has 2 rings (SSSR count). The molecule has 1 saturated carbocycles. The molecule has 1 heterocycles. The standard InChI is InChI=1S/C14H27N3O/c1-11(15-13-8-9-17(2)10-13)14(18)16-12-6-4-3-5-7-12/h11-13,15H,3-10H2,1-2H3,(H,16,18). The molecule has 0 bridgehead atoms. The SMILES string of the molecule is CC(NC1CCN(C)C1)C(=O)NC1CCCCC1. The first-order valence-corrected chi connectivity index (χ1v) is 7.40. The minimum atomic E-state index is -0.0663. The lowest BCUT2D eigenvalue weighted by atomic mass is 9.95. The van der Waals surface area contributed by atoms with Crippen LogP contribution in [0.2, 0.25) is 0 Å². The molecule has 0 aromatic rings. The van der Waals surface area contributed by atoms with Gasteiger partial charge < -0.3 is 15.5 Å². The van der Waals surface area contributed by atoms with E-state index in [1.165, 1.54) is 19.3 Å². The summed E-state index contributed by atoms with van der Waals surface area (Å²) < 4.78 is 0. The van der Waals surface area contributed by atoms with Crippen LogP contribution in [0.4, 0.5) is 0 Å². The van der Waals surface area contributed by atoms with Crippen LogP contribution in [-0.2, 0) is 4.79 Å². The first-order valence-electron chi connectivity index (χ1n) is 7.40. The summed E-state index contributed by atoms with van der Waals surface area (Å²) in [5.74, 6) is 0.177. The third-order valence-electron chi connectivity index (χ3n) is 4.22. The van der Waals surface area contributed by atoms with Gasteiger partial charge in [0.05, 0.1) is 6.04 Å². The number of likely N-dealkylation sites (tertiary alicyclic amines) is 1. The summed E-state index contributed by atoms with van der Waals surface area (Å²) in [5, 5.41) is 6.63. The van der Waals surface area contributed by atoms with E-state index in [2.05, 4.69) is 22.6 Å². The Hall–Kier alpha value is -0.610. The second-order valence-corrected chi connectivity index (χ2v) is 5.98. The Morgan fingerprint density at radius 3 is 2.50 bits per heavy atom. The van der Waals surface area contributed by atoms with Gasteiger partial charge in [0.1, 0.15) is 0 Å². The Morgan fingerprint density at radius 2 is 1.89 bits per heavy atom. The zero-order valence-electron chi connectivity index (χ0n) is 11.7. The average molecular weight is 253 g/mol. The molecule has 2 N–H and O–H groups in total. The van der Waals surface area contributed by atoms with Gasteiger partial charge in [-0.3, -0.25) is 4.79 Å². The van der Waals surface area contributed by atoms with Gasteiger partial charge in [0.25, 0.3) is 0 Å². The van der Waals surface area contributed by atoms with Crippen LogP contribution in [0.25, 0.3) is 0 Å². The molecule has 18 heavy (non-hydrogen) atoms. The molecule has 4 heteroatoms. The van der Waals surface area contributed by atoms with Crippen molar-refractivity contribution in [2.45, 2.75) is 63.6 Å². The van der Waals surface area contributed by atoms with Crippen molar-refractivity contribution < 1.29 is 4.79 Å². The van der Waals surface area contributed by atoms with Crippen molar-refractivity contribution in [1.82, 2.24) is 15.5 Å². The first kappa shape index (κ1) is 13.8. The number of hydrogen-bond acceptors (Lipinski definition) is 3. The Balaban J connectivity index is 1.70. The molecule has 4 nitrogen and oxygen atoms in total. The lowest BCUT2D eigenvalue weighted by molar-refractivity contribution is -0.123. The Labute approximate surface area is 110 Å². The molecule has 1 aliphatic heterocycles. The fraction of sp³-hybridized carbons (Fsp3) is 0.929. The number of nitrogens with zero attached hydrogens (tertiary/aromatic N) is 1. The zero-order chi connectivity index (χ0) is 13.0. The first-order chi connectivity index (χ1) is 8.65. The smallest absolute Gasteiger partial charge is 0.237 e. The summed E-state index contributed by atoms with van der Waals surface area (Å²) in [6.45, 7) is 4.17. The van der Waals surface area contributed by atoms with Gasteiger partial charge in [-0.1, -0.05) is 19.3 Å². The normalized spacial score (nSPS) is 28.2. The quantitative estimate of drug-likeness (QED) is 0.789. The average Bonchev–Trinajstić information content (AvgIpc) is 2.76. The molecule has 1 aliphatic carbocycles. The lowest BCUT2D eigenvalue weighted by Gasteiger charge is -2.26. The summed E-state index contributed by atoms with van der Waals surface area (Å²) in [6.07, 6.45) is 7.32. The van der Waals surface area contributed by atoms with E-state index in [4.69, 9.17) is 0 Å². The Kier molecular flexibility index (Phi) is 5.01. The molecule has 104 valence electrons. The van der Waals surface area contributed by atoms with Gasteiger partial charge in [-0.2, -0.15) is 0 Å². The highest BCUT2D eigenvalue weighted by atomic mass is 16.2. The van der Waals surface area contributed by atoms with Crippen molar-refractivity contribution in [2.75, 3.05) is 20.1 Å². The lowest BCUT2D eigenvalue weighted by Crippen LogP contribution is -2.50. The van der Waals surface area contributed by atoms with E-state index < -0.39 is 0 Å². The predicted octanol–water partition coefficient (Wildman–Crippen LogP) is 1.12. The summed E-state index contributed by atoms with van der Waals surface area (Å²) in [6, 6.07) is 0.826. The molecular weight excluding hydrogens is 226 g/mol. The number of amides is 1. The van der Waals surface area contributed by atoms with Crippen molar-refractivity contribution in [3.05, 3.63) is 0 Å². The van der Waals surface area contributed by atoms with Crippen LogP contribution in [0.5, 0.6) is 0 Å². The van der Waals surface area contributed by atoms with E-state index in [1.54, 1.807) is 0 Å². The largest absolute Gasteiger partial charge is 0.352 e. The van der Waals surface area contributed by atoms with Crippen molar-refractivity contribution in [2.24, 2.45) is 0 Å². The highest BCUT2D eigenvalue weighted by Gasteiger charge is 2.24. The van der Waals surface area contributed by atoms with Crippen LogP contribution in [0.1, 0.15) is 45.4 Å². The number of carbonyl (C=O) groups is 1. The zero-order valence-corrected chi connectivity index (χ0v) is 11.7. The summed E-state index contributed by atoms with van der Waals surface area (Å²) in [4.78, 5) is 14.4. The van der Waals surface area contributed by atoms with Crippen molar-refractivity contribution >= 4 is 5.91 Å². The van der Waals surface area contributed by atoms with Gasteiger partial charge >= 0.3 is 0 Å². The number of carbonyl (C=O) groups excluding carboxylic acids is 1. The maximum absolute atomic E-state index is 12.1. The van der Waals surface area contributed by atoms with Crippen LogP contribution in [0.3, 0.4) is 0 Å². The fourth-order valence-electron chi connectivity index (χ4n) is 3.07. The van der Waals surface area contributed by atoms with E-state index in [9.17, 15) is 4.79 Å². The minimum Gasteiger partial charge on any atom is -0.352 e. The van der Waals surface area contributed by atoms with Crippen molar-refractivity contribution in [3.8, 4) is 0 Å². The number of likely N-dealkylation sites (N-methyl/N-ethyl adjacent to an activating group) is 1. The third kappa shape index (κ3) is 3.95. The predicted molar refractivity (Wildman–Crippen MR) is 73.5 cm³/mol. The maximum atomic E-state index is 12.1. The van der Waals surface area contributed by atoms with Gasteiger partial charge in [-0.05, 0) is 39.8 Å². The molecule has 2 atom stereocenters. The number of hydrogen-bond donors (Lipinski definition) is 2. The summed E-state index contributed by atoms with van der Waals surface area (Å²) in [7, 11) is 2.13. The van der Waals surface area contributed by atoms with Gasteiger partial charge in [-0.15, -0.1) is 0 Å². The molecule has 0 aromatic carbocycles. The molecule has 0 spiro atoms. The Bertz CT molecular complexity index is 276. The van der Waals surface area contributed by atoms with Gasteiger partial charge in [0.15, 0.2) is 0 Å². The summed E-state index contributed by atoms with van der Waals surface area (Å²) >= 11 is 0. The molecule has 1 amide bonds. The second-order valence-electron chi connectivity index (χ2n) is 5.98. The second kappa shape index (κ2) is 6.53. The van der Waals surface area contributed by atoms with Gasteiger partial charge in [0.2, 0.25) is 5.91 Å². The van der Waals surface area contributed by atoms with E-state index in [0.717, 1.165) is 32.4 Å². The minimum absolute atomic E-state index is 0.0663. The number of nitrogens with one attached hydrogen (secondary N) is 2. The van der Waals surface area contributed by atoms with Crippen LogP contribution >= 0.6 is 0 Å². The van der Waals surface area contributed by atoms with Crippen molar-refractivity contribution in [1.29, 1.82) is 0 Å². The summed E-state index contributed by atoms with van der Waals surface area (Å²) in [5.41, 5.74) is 0. The highest BCUT2D eigenvalue weighted by Crippen LogP contribution is 2.17. The topological polar surface area (TPSA) is 44.4 Å². The van der Waals surface area contributed by atoms with Crippen LogP contribution in [-0.4, -0.2) is 49.1 Å². The molecule has 0 aromatic heterocycles. The van der Waals surface area contributed by atoms with Gasteiger partial charge in [0, 0.05) is 18.6 Å². The highest BCUT2D eigenvalue weighted by molar-refractivity contribution is 5.81. The van der Waals surface area contributed by atoms with E-state index in [1.807, 2.05) is 6.92 Å². The van der Waals surface area contributed by atoms with Crippen LogP contribution in [0, 0.1) is 0 Å². The third-order valence-corrected chi connectivity index (χ3v) is 4.22. The molecule has 2 fully saturated rings. The molecular formula is C14H27N3O. The number of rotatable bonds is 4. The molecule has 2 unspecified atom stereocenters. The monoisotopic (exact) mass is 253 g/mol. The van der Waals surface area contributed by atoms with E-state index >= 15 is 0 Å². The van der Waals surface area contributed by atoms with Gasteiger partial charge in [-0.25, -0.2) is 0 Å². The maximum Gasteiger partial charge on any atom is 0.237 e. The van der Waals surface area contributed by atoms with Crippen LogP contribution < -0.4 is 10.6 Å². The molecule has 2 aliphatic rings. The fourth-order valence-corrected chi connectivity index (χ4v) is 3.07.